The zero-order valence-electron chi connectivity index (χ0n) is 9.25. The predicted molar refractivity (Wildman–Crippen MR) is 65.7 cm³/mol. The third kappa shape index (κ3) is 4.12. The Morgan fingerprint density at radius 1 is 1.20 bits per heavy atom. The van der Waals surface area contributed by atoms with Crippen LogP contribution in [0, 0.1) is 0 Å². The quantitative estimate of drug-likeness (QED) is 0.728. The molecule has 1 aromatic rings. The van der Waals surface area contributed by atoms with Gasteiger partial charge in [0.2, 0.25) is 0 Å². The number of benzene rings is 1. The van der Waals surface area contributed by atoms with Gasteiger partial charge in [0.25, 0.3) is 0 Å². The lowest BCUT2D eigenvalue weighted by Crippen LogP contribution is -1.99. The van der Waals surface area contributed by atoms with Crippen molar-refractivity contribution in [2.24, 2.45) is 0 Å². The van der Waals surface area contributed by atoms with Crippen LogP contribution in [0.3, 0.4) is 0 Å². The van der Waals surface area contributed by atoms with Crippen molar-refractivity contribution in [3.05, 3.63) is 22.7 Å². The molecule has 0 aromatic heterocycles. The Bertz CT molecular complexity index is 300. The maximum Gasteiger partial charge on any atom is 0.161 e. The molecule has 15 heavy (non-hydrogen) atoms. The van der Waals surface area contributed by atoms with Gasteiger partial charge in [-0.1, -0.05) is 35.7 Å². The van der Waals surface area contributed by atoms with Crippen molar-refractivity contribution in [3.8, 4) is 11.5 Å². The van der Waals surface area contributed by atoms with Gasteiger partial charge in [0, 0.05) is 4.47 Å². The van der Waals surface area contributed by atoms with E-state index in [2.05, 4.69) is 22.9 Å². The standard InChI is InChI=1S/C12H17BrO2/c1-3-4-5-8-15-11-7-6-10(13)9-12(11)14-2/h6-7,9H,3-5,8H2,1-2H3. The summed E-state index contributed by atoms with van der Waals surface area (Å²) in [6.45, 7) is 2.94. The van der Waals surface area contributed by atoms with Crippen molar-refractivity contribution in [3.63, 3.8) is 0 Å². The third-order valence-electron chi connectivity index (χ3n) is 2.13. The SMILES string of the molecule is CCCCCOc1ccc(Br)cc1OC. The lowest BCUT2D eigenvalue weighted by atomic mass is 10.2. The van der Waals surface area contributed by atoms with Crippen LogP contribution in [0.25, 0.3) is 0 Å². The summed E-state index contributed by atoms with van der Waals surface area (Å²) in [7, 11) is 1.65. The van der Waals surface area contributed by atoms with Crippen LogP contribution in [0.2, 0.25) is 0 Å². The molecule has 0 radical (unpaired) electrons. The summed E-state index contributed by atoms with van der Waals surface area (Å²) in [5, 5.41) is 0. The Kier molecular flexibility index (Phi) is 5.54. The van der Waals surface area contributed by atoms with Gasteiger partial charge in [-0.3, -0.25) is 0 Å². The van der Waals surface area contributed by atoms with E-state index in [0.717, 1.165) is 29.0 Å². The van der Waals surface area contributed by atoms with Gasteiger partial charge in [0.1, 0.15) is 0 Å². The van der Waals surface area contributed by atoms with Gasteiger partial charge in [-0.2, -0.15) is 0 Å². The first kappa shape index (κ1) is 12.4. The molecule has 0 atom stereocenters. The second kappa shape index (κ2) is 6.72. The van der Waals surface area contributed by atoms with Gasteiger partial charge in [-0.05, 0) is 24.6 Å². The average Bonchev–Trinajstić information content (AvgIpc) is 2.26. The van der Waals surface area contributed by atoms with E-state index in [9.17, 15) is 0 Å². The number of ether oxygens (including phenoxy) is 2. The molecule has 0 aliphatic rings. The van der Waals surface area contributed by atoms with E-state index in [4.69, 9.17) is 9.47 Å². The monoisotopic (exact) mass is 272 g/mol. The lowest BCUT2D eigenvalue weighted by molar-refractivity contribution is 0.286. The van der Waals surface area contributed by atoms with Crippen LogP contribution in [-0.2, 0) is 0 Å². The first-order valence-corrected chi connectivity index (χ1v) is 6.03. The van der Waals surface area contributed by atoms with Gasteiger partial charge < -0.3 is 9.47 Å². The zero-order valence-corrected chi connectivity index (χ0v) is 10.8. The summed E-state index contributed by atoms with van der Waals surface area (Å²) in [5.74, 6) is 1.60. The molecule has 1 rings (SSSR count). The summed E-state index contributed by atoms with van der Waals surface area (Å²) in [6.07, 6.45) is 3.51. The van der Waals surface area contributed by atoms with E-state index in [0.29, 0.717) is 0 Å². The van der Waals surface area contributed by atoms with Crippen molar-refractivity contribution in [2.45, 2.75) is 26.2 Å². The first-order chi connectivity index (χ1) is 7.27. The Hall–Kier alpha value is -0.700. The van der Waals surface area contributed by atoms with Crippen molar-refractivity contribution >= 4 is 15.9 Å². The van der Waals surface area contributed by atoms with E-state index in [-0.39, 0.29) is 0 Å². The molecule has 0 heterocycles. The largest absolute Gasteiger partial charge is 0.493 e. The predicted octanol–water partition coefficient (Wildman–Crippen LogP) is 4.03. The van der Waals surface area contributed by atoms with E-state index in [1.165, 1.54) is 12.8 Å². The summed E-state index contributed by atoms with van der Waals surface area (Å²) in [6, 6.07) is 5.79. The Labute approximate surface area is 99.7 Å². The Morgan fingerprint density at radius 2 is 2.00 bits per heavy atom. The number of halogens is 1. The summed E-state index contributed by atoms with van der Waals surface area (Å²) in [4.78, 5) is 0. The molecule has 0 saturated heterocycles. The molecule has 84 valence electrons. The van der Waals surface area contributed by atoms with Gasteiger partial charge >= 0.3 is 0 Å². The molecular formula is C12H17BrO2. The normalized spacial score (nSPS) is 10.1. The Balaban J connectivity index is 2.52. The highest BCUT2D eigenvalue weighted by molar-refractivity contribution is 9.10. The number of unbranched alkanes of at least 4 members (excludes halogenated alkanes) is 2. The third-order valence-corrected chi connectivity index (χ3v) is 2.62. The van der Waals surface area contributed by atoms with Crippen LogP contribution in [-0.4, -0.2) is 13.7 Å². The van der Waals surface area contributed by atoms with Gasteiger partial charge in [-0.15, -0.1) is 0 Å². The summed E-state index contributed by atoms with van der Waals surface area (Å²) < 4.78 is 11.9. The van der Waals surface area contributed by atoms with Crippen molar-refractivity contribution < 1.29 is 9.47 Å². The number of hydrogen-bond acceptors (Lipinski definition) is 2. The smallest absolute Gasteiger partial charge is 0.161 e. The summed E-state index contributed by atoms with van der Waals surface area (Å²) in [5.41, 5.74) is 0. The molecule has 0 spiro atoms. The molecule has 0 N–H and O–H groups in total. The van der Waals surface area contributed by atoms with Crippen LogP contribution in [0.1, 0.15) is 26.2 Å². The molecule has 0 aliphatic heterocycles. The molecule has 3 heteroatoms. The molecule has 0 saturated carbocycles. The average molecular weight is 273 g/mol. The van der Waals surface area contributed by atoms with Crippen LogP contribution >= 0.6 is 15.9 Å². The minimum Gasteiger partial charge on any atom is -0.493 e. The highest BCUT2D eigenvalue weighted by Gasteiger charge is 2.03. The van der Waals surface area contributed by atoms with E-state index >= 15 is 0 Å². The molecule has 0 aliphatic carbocycles. The fourth-order valence-corrected chi connectivity index (χ4v) is 1.63. The molecule has 1 aromatic carbocycles. The van der Waals surface area contributed by atoms with Crippen LogP contribution in [0.4, 0.5) is 0 Å². The number of hydrogen-bond donors (Lipinski definition) is 0. The minimum atomic E-state index is 0.756. The molecule has 0 bridgehead atoms. The number of rotatable bonds is 6. The highest BCUT2D eigenvalue weighted by Crippen LogP contribution is 2.30. The maximum absolute atomic E-state index is 5.64. The Morgan fingerprint density at radius 3 is 2.67 bits per heavy atom. The van der Waals surface area contributed by atoms with Gasteiger partial charge in [0.05, 0.1) is 13.7 Å². The zero-order chi connectivity index (χ0) is 11.1. The highest BCUT2D eigenvalue weighted by atomic mass is 79.9. The second-order valence-corrected chi connectivity index (χ2v) is 4.27. The van der Waals surface area contributed by atoms with Crippen molar-refractivity contribution in [1.82, 2.24) is 0 Å². The van der Waals surface area contributed by atoms with E-state index < -0.39 is 0 Å². The fourth-order valence-electron chi connectivity index (χ4n) is 1.29. The van der Waals surface area contributed by atoms with E-state index in [1.54, 1.807) is 7.11 Å². The van der Waals surface area contributed by atoms with Gasteiger partial charge in [0.15, 0.2) is 11.5 Å². The molecule has 0 amide bonds. The molecule has 0 fully saturated rings. The molecule has 0 unspecified atom stereocenters. The van der Waals surface area contributed by atoms with Gasteiger partial charge in [-0.25, -0.2) is 0 Å². The van der Waals surface area contributed by atoms with Crippen molar-refractivity contribution in [1.29, 1.82) is 0 Å². The summed E-state index contributed by atoms with van der Waals surface area (Å²) >= 11 is 3.39. The van der Waals surface area contributed by atoms with E-state index in [1.807, 2.05) is 18.2 Å². The van der Waals surface area contributed by atoms with Crippen LogP contribution < -0.4 is 9.47 Å². The maximum atomic E-state index is 5.64. The van der Waals surface area contributed by atoms with Crippen LogP contribution in [0.15, 0.2) is 22.7 Å². The topological polar surface area (TPSA) is 18.5 Å². The minimum absolute atomic E-state index is 0.756. The second-order valence-electron chi connectivity index (χ2n) is 3.35. The lowest BCUT2D eigenvalue weighted by Gasteiger charge is -2.10. The first-order valence-electron chi connectivity index (χ1n) is 5.24. The number of methoxy groups -OCH3 is 1. The van der Waals surface area contributed by atoms with Crippen molar-refractivity contribution in [2.75, 3.05) is 13.7 Å². The van der Waals surface area contributed by atoms with Crippen LogP contribution in [0.5, 0.6) is 11.5 Å². The molecule has 2 nitrogen and oxygen atoms in total. The fraction of sp³-hybridized carbons (Fsp3) is 0.500. The molecular weight excluding hydrogens is 256 g/mol.